The van der Waals surface area contributed by atoms with Crippen LogP contribution in [0.5, 0.6) is 0 Å². The normalized spacial score (nSPS) is 16.6. The second-order valence-corrected chi connectivity index (χ2v) is 5.34. The summed E-state index contributed by atoms with van der Waals surface area (Å²) in [7, 11) is 0. The van der Waals surface area contributed by atoms with E-state index in [9.17, 15) is 9.59 Å². The van der Waals surface area contributed by atoms with Crippen molar-refractivity contribution < 1.29 is 19.1 Å². The van der Waals surface area contributed by atoms with Crippen molar-refractivity contribution in [2.45, 2.75) is 32.2 Å². The van der Waals surface area contributed by atoms with Gasteiger partial charge in [0.25, 0.3) is 0 Å². The molecular formula is C14H20N2O4. The van der Waals surface area contributed by atoms with Gasteiger partial charge < -0.3 is 19.7 Å². The molecule has 2 rings (SSSR count). The molecule has 1 fully saturated rings. The van der Waals surface area contributed by atoms with Crippen LogP contribution < -0.4 is 5.32 Å². The first-order valence-electron chi connectivity index (χ1n) is 6.84. The van der Waals surface area contributed by atoms with E-state index < -0.39 is 5.97 Å². The summed E-state index contributed by atoms with van der Waals surface area (Å²) in [4.78, 5) is 24.0. The van der Waals surface area contributed by atoms with Crippen molar-refractivity contribution in [1.29, 1.82) is 0 Å². The van der Waals surface area contributed by atoms with Crippen LogP contribution in [0.25, 0.3) is 0 Å². The van der Waals surface area contributed by atoms with E-state index in [0.717, 1.165) is 18.6 Å². The first-order valence-corrected chi connectivity index (χ1v) is 6.84. The largest absolute Gasteiger partial charge is 0.481 e. The van der Waals surface area contributed by atoms with Crippen LogP contribution in [-0.4, -0.2) is 41.1 Å². The zero-order valence-corrected chi connectivity index (χ0v) is 11.5. The number of hydrogen-bond donors (Lipinski definition) is 2. The maximum Gasteiger partial charge on any atom is 0.317 e. The number of carboxylic acid groups (broad SMARTS) is 1. The second kappa shape index (κ2) is 6.45. The summed E-state index contributed by atoms with van der Waals surface area (Å²) in [6.45, 7) is 3.02. The smallest absolute Gasteiger partial charge is 0.317 e. The second-order valence-electron chi connectivity index (χ2n) is 5.34. The van der Waals surface area contributed by atoms with Crippen LogP contribution in [0.3, 0.4) is 0 Å². The van der Waals surface area contributed by atoms with Crippen molar-refractivity contribution >= 4 is 12.0 Å². The van der Waals surface area contributed by atoms with Crippen LogP contribution in [0.1, 0.15) is 25.5 Å². The van der Waals surface area contributed by atoms with Crippen molar-refractivity contribution in [3.63, 3.8) is 0 Å². The number of carbonyl (C=O) groups excluding carboxylic acids is 1. The highest BCUT2D eigenvalue weighted by molar-refractivity contribution is 5.76. The Hall–Kier alpha value is -1.98. The lowest BCUT2D eigenvalue weighted by Gasteiger charge is -2.39. The molecule has 0 bridgehead atoms. The van der Waals surface area contributed by atoms with Gasteiger partial charge in [-0.2, -0.15) is 0 Å². The summed E-state index contributed by atoms with van der Waals surface area (Å²) in [5, 5.41) is 11.6. The summed E-state index contributed by atoms with van der Waals surface area (Å²) in [5.74, 6) is 0.204. The molecule has 0 aromatic carbocycles. The number of hydrogen-bond acceptors (Lipinski definition) is 3. The van der Waals surface area contributed by atoms with Crippen LogP contribution in [0.4, 0.5) is 4.79 Å². The Bertz CT molecular complexity index is 452. The fraction of sp³-hybridized carbons (Fsp3) is 0.571. The number of rotatable bonds is 6. The Kier molecular flexibility index (Phi) is 4.65. The molecule has 0 aliphatic carbocycles. The van der Waals surface area contributed by atoms with E-state index in [1.165, 1.54) is 0 Å². The first-order chi connectivity index (χ1) is 9.54. The standard InChI is InChI=1S/C14H20N2O4/c1-10(4-5-12-3-2-6-20-12)15-14(19)16-8-11(9-16)7-13(17)18/h2-3,6,10-11H,4-5,7-9H2,1H3,(H,15,19)(H,17,18). The molecule has 0 saturated carbocycles. The van der Waals surface area contributed by atoms with Crippen LogP contribution in [-0.2, 0) is 11.2 Å². The molecule has 1 unspecified atom stereocenters. The molecule has 2 N–H and O–H groups in total. The molecule has 1 aliphatic rings. The van der Waals surface area contributed by atoms with Crippen molar-refractivity contribution in [3.05, 3.63) is 24.2 Å². The summed E-state index contributed by atoms with van der Waals surface area (Å²) in [5.41, 5.74) is 0. The van der Waals surface area contributed by atoms with Gasteiger partial charge in [-0.25, -0.2) is 4.79 Å². The van der Waals surface area contributed by atoms with Gasteiger partial charge in [0.2, 0.25) is 0 Å². The minimum absolute atomic E-state index is 0.0612. The lowest BCUT2D eigenvalue weighted by molar-refractivity contribution is -0.139. The number of carboxylic acids is 1. The molecule has 6 nitrogen and oxygen atoms in total. The Labute approximate surface area is 117 Å². The number of carbonyl (C=O) groups is 2. The summed E-state index contributed by atoms with van der Waals surface area (Å²) >= 11 is 0. The number of likely N-dealkylation sites (tertiary alicyclic amines) is 1. The summed E-state index contributed by atoms with van der Waals surface area (Å²) in [6, 6.07) is 3.71. The van der Waals surface area contributed by atoms with Gasteiger partial charge in [-0.1, -0.05) is 0 Å². The predicted molar refractivity (Wildman–Crippen MR) is 72.3 cm³/mol. The molecule has 1 aromatic rings. The van der Waals surface area contributed by atoms with Crippen molar-refractivity contribution in [2.75, 3.05) is 13.1 Å². The monoisotopic (exact) mass is 280 g/mol. The van der Waals surface area contributed by atoms with E-state index in [1.54, 1.807) is 11.2 Å². The highest BCUT2D eigenvalue weighted by Crippen LogP contribution is 2.19. The van der Waals surface area contributed by atoms with E-state index >= 15 is 0 Å². The van der Waals surface area contributed by atoms with Crippen LogP contribution in [0.15, 0.2) is 22.8 Å². The quantitative estimate of drug-likeness (QED) is 0.831. The van der Waals surface area contributed by atoms with Crippen molar-refractivity contribution in [2.24, 2.45) is 5.92 Å². The molecule has 1 atom stereocenters. The number of amides is 2. The minimum Gasteiger partial charge on any atom is -0.481 e. The third kappa shape index (κ3) is 4.01. The molecular weight excluding hydrogens is 260 g/mol. The number of furan rings is 1. The fourth-order valence-electron chi connectivity index (χ4n) is 2.30. The maximum atomic E-state index is 11.9. The minimum atomic E-state index is -0.804. The van der Waals surface area contributed by atoms with Crippen LogP contribution in [0, 0.1) is 5.92 Å². The van der Waals surface area contributed by atoms with Gasteiger partial charge in [-0.3, -0.25) is 4.79 Å². The van der Waals surface area contributed by atoms with E-state index in [-0.39, 0.29) is 24.4 Å². The molecule has 0 spiro atoms. The average molecular weight is 280 g/mol. The Balaban J connectivity index is 1.63. The van der Waals surface area contributed by atoms with E-state index in [4.69, 9.17) is 9.52 Å². The fourth-order valence-corrected chi connectivity index (χ4v) is 2.30. The third-order valence-corrected chi connectivity index (χ3v) is 3.48. The lowest BCUT2D eigenvalue weighted by atomic mass is 9.97. The Morgan fingerprint density at radius 1 is 1.55 bits per heavy atom. The van der Waals surface area contributed by atoms with Gasteiger partial charge in [-0.05, 0) is 25.5 Å². The number of nitrogens with zero attached hydrogens (tertiary/aromatic N) is 1. The molecule has 1 saturated heterocycles. The number of urea groups is 1. The topological polar surface area (TPSA) is 82.8 Å². The Morgan fingerprint density at radius 3 is 2.90 bits per heavy atom. The number of aliphatic carboxylic acids is 1. The zero-order chi connectivity index (χ0) is 14.5. The molecule has 1 aliphatic heterocycles. The van der Waals surface area contributed by atoms with Crippen LogP contribution in [0.2, 0.25) is 0 Å². The molecule has 1 aromatic heterocycles. The van der Waals surface area contributed by atoms with Gasteiger partial charge in [0, 0.05) is 31.5 Å². The third-order valence-electron chi connectivity index (χ3n) is 3.48. The molecule has 2 heterocycles. The SMILES string of the molecule is CC(CCc1ccco1)NC(=O)N1CC(CC(=O)O)C1. The van der Waals surface area contributed by atoms with Crippen molar-refractivity contribution in [1.82, 2.24) is 10.2 Å². The molecule has 6 heteroatoms. The van der Waals surface area contributed by atoms with E-state index in [0.29, 0.717) is 13.1 Å². The van der Waals surface area contributed by atoms with Crippen molar-refractivity contribution in [3.8, 4) is 0 Å². The predicted octanol–water partition coefficient (Wildman–Crippen LogP) is 1.72. The zero-order valence-electron chi connectivity index (χ0n) is 11.5. The lowest BCUT2D eigenvalue weighted by Crippen LogP contribution is -2.55. The number of aryl methyl sites for hydroxylation is 1. The molecule has 0 radical (unpaired) electrons. The van der Waals surface area contributed by atoms with Gasteiger partial charge in [0.15, 0.2) is 0 Å². The summed E-state index contributed by atoms with van der Waals surface area (Å²) in [6.07, 6.45) is 3.38. The average Bonchev–Trinajstić information content (AvgIpc) is 2.83. The maximum absolute atomic E-state index is 11.9. The van der Waals surface area contributed by atoms with Gasteiger partial charge in [0.1, 0.15) is 5.76 Å². The van der Waals surface area contributed by atoms with Gasteiger partial charge in [-0.15, -0.1) is 0 Å². The highest BCUT2D eigenvalue weighted by atomic mass is 16.4. The molecule has 110 valence electrons. The van der Waals surface area contributed by atoms with E-state index in [1.807, 2.05) is 19.1 Å². The summed E-state index contributed by atoms with van der Waals surface area (Å²) < 4.78 is 5.24. The number of nitrogens with one attached hydrogen (secondary N) is 1. The first kappa shape index (κ1) is 14.4. The Morgan fingerprint density at radius 2 is 2.30 bits per heavy atom. The van der Waals surface area contributed by atoms with E-state index in [2.05, 4.69) is 5.32 Å². The van der Waals surface area contributed by atoms with Crippen LogP contribution >= 0.6 is 0 Å². The highest BCUT2D eigenvalue weighted by Gasteiger charge is 2.32. The molecule has 2 amide bonds. The van der Waals surface area contributed by atoms with Gasteiger partial charge >= 0.3 is 12.0 Å². The molecule has 20 heavy (non-hydrogen) atoms. The van der Waals surface area contributed by atoms with Gasteiger partial charge in [0.05, 0.1) is 12.7 Å².